The van der Waals surface area contributed by atoms with Gasteiger partial charge in [0.05, 0.1) is 13.2 Å². The second-order valence-corrected chi connectivity index (χ2v) is 5.61. The van der Waals surface area contributed by atoms with Crippen molar-refractivity contribution >= 4 is 17.5 Å². The molecule has 2 N–H and O–H groups in total. The van der Waals surface area contributed by atoms with Gasteiger partial charge in [-0.3, -0.25) is 9.69 Å². The van der Waals surface area contributed by atoms with Crippen LogP contribution in [0, 0.1) is 5.82 Å². The van der Waals surface area contributed by atoms with Gasteiger partial charge in [-0.25, -0.2) is 14.4 Å². The van der Waals surface area contributed by atoms with Gasteiger partial charge < -0.3 is 15.4 Å². The molecule has 0 atom stereocenters. The topological polar surface area (TPSA) is 79.4 Å². The van der Waals surface area contributed by atoms with Crippen LogP contribution < -0.4 is 10.6 Å². The molecule has 132 valence electrons. The lowest BCUT2D eigenvalue weighted by Gasteiger charge is -2.26. The lowest BCUT2D eigenvalue weighted by molar-refractivity contribution is 0.0398. The van der Waals surface area contributed by atoms with E-state index in [0.717, 1.165) is 32.8 Å². The molecule has 25 heavy (non-hydrogen) atoms. The third kappa shape index (κ3) is 5.20. The monoisotopic (exact) mass is 345 g/mol. The van der Waals surface area contributed by atoms with Gasteiger partial charge in [0.1, 0.15) is 11.5 Å². The Balaban J connectivity index is 1.53. The van der Waals surface area contributed by atoms with Crippen LogP contribution in [0.5, 0.6) is 0 Å². The van der Waals surface area contributed by atoms with Gasteiger partial charge in [0.15, 0.2) is 0 Å². The molecule has 7 nitrogen and oxygen atoms in total. The normalized spacial score (nSPS) is 14.9. The highest BCUT2D eigenvalue weighted by atomic mass is 19.1. The molecule has 0 spiro atoms. The van der Waals surface area contributed by atoms with Crippen LogP contribution in [-0.2, 0) is 4.74 Å². The molecule has 0 aliphatic carbocycles. The van der Waals surface area contributed by atoms with Crippen LogP contribution in [0.2, 0.25) is 0 Å². The maximum absolute atomic E-state index is 12.9. The fourth-order valence-electron chi connectivity index (χ4n) is 2.45. The SMILES string of the molecule is O=C(Nc1ccc(F)cc1)c1ccnc(NCCN2CCOCC2)n1. The molecule has 0 unspecified atom stereocenters. The van der Waals surface area contributed by atoms with Crippen molar-refractivity contribution in [1.82, 2.24) is 14.9 Å². The molecule has 1 aliphatic heterocycles. The molecule has 1 fully saturated rings. The first-order valence-electron chi connectivity index (χ1n) is 8.15. The van der Waals surface area contributed by atoms with Crippen LogP contribution in [0.4, 0.5) is 16.0 Å². The minimum Gasteiger partial charge on any atom is -0.379 e. The number of carbonyl (C=O) groups excluding carboxylic acids is 1. The number of nitrogens with zero attached hydrogens (tertiary/aromatic N) is 3. The Kier molecular flexibility index (Phi) is 5.86. The maximum Gasteiger partial charge on any atom is 0.274 e. The third-order valence-corrected chi connectivity index (χ3v) is 3.81. The van der Waals surface area contributed by atoms with Crippen molar-refractivity contribution in [3.8, 4) is 0 Å². The second kappa shape index (κ2) is 8.50. The van der Waals surface area contributed by atoms with E-state index in [2.05, 4.69) is 25.5 Å². The summed E-state index contributed by atoms with van der Waals surface area (Å²) in [5.41, 5.74) is 0.750. The maximum atomic E-state index is 12.9. The summed E-state index contributed by atoms with van der Waals surface area (Å²) in [5.74, 6) is -0.322. The zero-order valence-corrected chi connectivity index (χ0v) is 13.7. The number of carbonyl (C=O) groups is 1. The summed E-state index contributed by atoms with van der Waals surface area (Å²) in [6, 6.07) is 7.10. The molecule has 3 rings (SSSR count). The van der Waals surface area contributed by atoms with Crippen molar-refractivity contribution in [1.29, 1.82) is 0 Å². The van der Waals surface area contributed by atoms with E-state index < -0.39 is 0 Å². The van der Waals surface area contributed by atoms with E-state index in [9.17, 15) is 9.18 Å². The van der Waals surface area contributed by atoms with E-state index >= 15 is 0 Å². The van der Waals surface area contributed by atoms with Crippen LogP contribution in [0.1, 0.15) is 10.5 Å². The highest BCUT2D eigenvalue weighted by molar-refractivity contribution is 6.02. The number of aromatic nitrogens is 2. The van der Waals surface area contributed by atoms with E-state index in [4.69, 9.17) is 4.74 Å². The number of amides is 1. The second-order valence-electron chi connectivity index (χ2n) is 5.61. The highest BCUT2D eigenvalue weighted by Gasteiger charge is 2.11. The summed E-state index contributed by atoms with van der Waals surface area (Å²) < 4.78 is 18.2. The number of hydrogen-bond acceptors (Lipinski definition) is 6. The molecule has 0 radical (unpaired) electrons. The Hall–Kier alpha value is -2.58. The lowest BCUT2D eigenvalue weighted by atomic mass is 10.3. The fraction of sp³-hybridized carbons (Fsp3) is 0.353. The number of rotatable bonds is 6. The van der Waals surface area contributed by atoms with Gasteiger partial charge in [0.2, 0.25) is 5.95 Å². The van der Waals surface area contributed by atoms with E-state index in [0.29, 0.717) is 18.2 Å². The van der Waals surface area contributed by atoms with E-state index in [1.165, 1.54) is 36.5 Å². The number of benzene rings is 1. The molecule has 2 aromatic rings. The molecule has 0 bridgehead atoms. The largest absolute Gasteiger partial charge is 0.379 e. The summed E-state index contributed by atoms with van der Waals surface area (Å²) >= 11 is 0. The van der Waals surface area contributed by atoms with Crippen molar-refractivity contribution in [3.63, 3.8) is 0 Å². The Bertz CT molecular complexity index is 704. The van der Waals surface area contributed by atoms with Gasteiger partial charge in [-0.05, 0) is 30.3 Å². The number of halogens is 1. The minimum absolute atomic E-state index is 0.244. The molecular weight excluding hydrogens is 325 g/mol. The summed E-state index contributed by atoms with van der Waals surface area (Å²) in [5, 5.41) is 5.80. The fourth-order valence-corrected chi connectivity index (χ4v) is 2.45. The van der Waals surface area contributed by atoms with Crippen molar-refractivity contribution in [2.45, 2.75) is 0 Å². The van der Waals surface area contributed by atoms with Crippen molar-refractivity contribution in [2.75, 3.05) is 50.0 Å². The summed E-state index contributed by atoms with van der Waals surface area (Å²) in [7, 11) is 0. The van der Waals surface area contributed by atoms with E-state index in [-0.39, 0.29) is 17.4 Å². The van der Waals surface area contributed by atoms with Crippen LogP contribution in [0.15, 0.2) is 36.5 Å². The van der Waals surface area contributed by atoms with Crippen molar-refractivity contribution in [2.24, 2.45) is 0 Å². The van der Waals surface area contributed by atoms with Crippen molar-refractivity contribution < 1.29 is 13.9 Å². The van der Waals surface area contributed by atoms with Gasteiger partial charge in [0, 0.05) is 38.1 Å². The summed E-state index contributed by atoms with van der Waals surface area (Å²) in [6.45, 7) is 4.90. The first-order valence-corrected chi connectivity index (χ1v) is 8.15. The quantitative estimate of drug-likeness (QED) is 0.828. The first-order chi connectivity index (χ1) is 12.2. The van der Waals surface area contributed by atoms with Gasteiger partial charge in [-0.2, -0.15) is 0 Å². The molecule has 1 saturated heterocycles. The number of anilines is 2. The van der Waals surface area contributed by atoms with Crippen LogP contribution in [0.25, 0.3) is 0 Å². The summed E-state index contributed by atoms with van der Waals surface area (Å²) in [4.78, 5) is 22.9. The molecule has 1 aromatic carbocycles. The molecule has 0 saturated carbocycles. The average Bonchev–Trinajstić information content (AvgIpc) is 2.65. The zero-order chi connectivity index (χ0) is 17.5. The van der Waals surface area contributed by atoms with Gasteiger partial charge in [-0.15, -0.1) is 0 Å². The molecule has 1 aliphatic rings. The van der Waals surface area contributed by atoms with Crippen molar-refractivity contribution in [3.05, 3.63) is 48.0 Å². The smallest absolute Gasteiger partial charge is 0.274 e. The molecule has 1 amide bonds. The average molecular weight is 345 g/mol. The standard InChI is InChI=1S/C17H20FN5O2/c18-13-1-3-14(4-2-13)21-16(24)15-5-6-19-17(22-15)20-7-8-23-9-11-25-12-10-23/h1-6H,7-12H2,(H,21,24)(H,19,20,22). The highest BCUT2D eigenvalue weighted by Crippen LogP contribution is 2.10. The Morgan fingerprint density at radius 3 is 2.72 bits per heavy atom. The van der Waals surface area contributed by atoms with Crippen LogP contribution in [-0.4, -0.2) is 60.2 Å². The van der Waals surface area contributed by atoms with Gasteiger partial charge in [0.25, 0.3) is 5.91 Å². The number of hydrogen-bond donors (Lipinski definition) is 2. The Morgan fingerprint density at radius 2 is 1.96 bits per heavy atom. The number of nitrogens with one attached hydrogen (secondary N) is 2. The lowest BCUT2D eigenvalue weighted by Crippen LogP contribution is -2.39. The minimum atomic E-state index is -0.370. The molecular formula is C17H20FN5O2. The predicted octanol–water partition coefficient (Wildman–Crippen LogP) is 1.61. The molecule has 8 heteroatoms. The Morgan fingerprint density at radius 1 is 1.20 bits per heavy atom. The number of ether oxygens (including phenoxy) is 1. The van der Waals surface area contributed by atoms with Gasteiger partial charge in [-0.1, -0.05) is 0 Å². The zero-order valence-electron chi connectivity index (χ0n) is 13.7. The first kappa shape index (κ1) is 17.2. The molecule has 1 aromatic heterocycles. The van der Waals surface area contributed by atoms with E-state index in [1.807, 2.05) is 0 Å². The third-order valence-electron chi connectivity index (χ3n) is 3.81. The molecule has 2 heterocycles. The van der Waals surface area contributed by atoms with E-state index in [1.54, 1.807) is 0 Å². The van der Waals surface area contributed by atoms with Crippen LogP contribution in [0.3, 0.4) is 0 Å². The van der Waals surface area contributed by atoms with Gasteiger partial charge >= 0.3 is 0 Å². The summed E-state index contributed by atoms with van der Waals surface area (Å²) in [6.07, 6.45) is 1.53. The Labute approximate surface area is 145 Å². The predicted molar refractivity (Wildman–Crippen MR) is 92.1 cm³/mol. The van der Waals surface area contributed by atoms with Crippen LogP contribution >= 0.6 is 0 Å². The number of morpholine rings is 1.